The number of carboxylic acids is 1. The molecule has 1 unspecified atom stereocenters. The number of amides is 1. The highest BCUT2D eigenvalue weighted by atomic mass is 16.5. The van der Waals surface area contributed by atoms with E-state index in [0.29, 0.717) is 19.4 Å². The van der Waals surface area contributed by atoms with E-state index in [1.54, 1.807) is 25.3 Å². The van der Waals surface area contributed by atoms with E-state index < -0.39 is 5.97 Å². The van der Waals surface area contributed by atoms with Gasteiger partial charge in [-0.15, -0.1) is 0 Å². The minimum absolute atomic E-state index is 0.0566. The van der Waals surface area contributed by atoms with Crippen molar-refractivity contribution >= 4 is 11.9 Å². The van der Waals surface area contributed by atoms with Gasteiger partial charge in [-0.25, -0.2) is 4.79 Å². The Balaban J connectivity index is 2.42. The minimum atomic E-state index is -0.970. The van der Waals surface area contributed by atoms with Crippen LogP contribution in [-0.2, 0) is 16.1 Å². The second-order valence-electron chi connectivity index (χ2n) is 4.37. The molecular weight excluding hydrogens is 246 g/mol. The van der Waals surface area contributed by atoms with E-state index in [0.717, 1.165) is 5.56 Å². The summed E-state index contributed by atoms with van der Waals surface area (Å²) in [6.45, 7) is 2.24. The summed E-state index contributed by atoms with van der Waals surface area (Å²) >= 11 is 0. The summed E-state index contributed by atoms with van der Waals surface area (Å²) in [6, 6.07) is 6.52. The van der Waals surface area contributed by atoms with Crippen molar-refractivity contribution in [1.29, 1.82) is 0 Å². The lowest BCUT2D eigenvalue weighted by Crippen LogP contribution is -2.24. The molecule has 0 aromatic heterocycles. The van der Waals surface area contributed by atoms with Gasteiger partial charge < -0.3 is 15.2 Å². The van der Waals surface area contributed by atoms with Crippen LogP contribution >= 0.6 is 0 Å². The van der Waals surface area contributed by atoms with Gasteiger partial charge in [-0.3, -0.25) is 4.79 Å². The zero-order valence-corrected chi connectivity index (χ0v) is 11.2. The van der Waals surface area contributed by atoms with E-state index in [2.05, 4.69) is 5.32 Å². The molecular formula is C14H19NO4. The maximum atomic E-state index is 11.6. The summed E-state index contributed by atoms with van der Waals surface area (Å²) in [5, 5.41) is 11.6. The number of rotatable bonds is 7. The molecule has 0 saturated heterocycles. The van der Waals surface area contributed by atoms with Gasteiger partial charge in [0.25, 0.3) is 0 Å². The Morgan fingerprint density at radius 3 is 2.79 bits per heavy atom. The standard InChI is InChI=1S/C14H19NO4/c1-10(19-2)6-7-13(16)15-9-11-4-3-5-12(8-11)14(17)18/h3-5,8,10H,6-7,9H2,1-2H3,(H,15,16)(H,17,18). The van der Waals surface area contributed by atoms with E-state index >= 15 is 0 Å². The van der Waals surface area contributed by atoms with E-state index in [4.69, 9.17) is 9.84 Å². The van der Waals surface area contributed by atoms with Crippen LogP contribution in [0.4, 0.5) is 0 Å². The fraction of sp³-hybridized carbons (Fsp3) is 0.429. The van der Waals surface area contributed by atoms with Crippen molar-refractivity contribution in [2.45, 2.75) is 32.4 Å². The first kappa shape index (κ1) is 15.2. The number of carboxylic acid groups (broad SMARTS) is 1. The van der Waals surface area contributed by atoms with Gasteiger partial charge in [-0.05, 0) is 31.0 Å². The Morgan fingerprint density at radius 1 is 1.42 bits per heavy atom. The summed E-state index contributed by atoms with van der Waals surface area (Å²) in [5.41, 5.74) is 0.993. The van der Waals surface area contributed by atoms with Crippen LogP contribution in [0.1, 0.15) is 35.7 Å². The number of nitrogens with one attached hydrogen (secondary N) is 1. The maximum Gasteiger partial charge on any atom is 0.335 e. The fourth-order valence-electron chi connectivity index (χ4n) is 1.56. The van der Waals surface area contributed by atoms with E-state index in [1.165, 1.54) is 6.07 Å². The van der Waals surface area contributed by atoms with E-state index in [-0.39, 0.29) is 17.6 Å². The van der Waals surface area contributed by atoms with Crippen LogP contribution in [0.3, 0.4) is 0 Å². The first-order valence-electron chi connectivity index (χ1n) is 6.14. The zero-order valence-electron chi connectivity index (χ0n) is 11.2. The number of carbonyl (C=O) groups is 2. The minimum Gasteiger partial charge on any atom is -0.478 e. The van der Waals surface area contributed by atoms with Crippen molar-refractivity contribution in [2.75, 3.05) is 7.11 Å². The lowest BCUT2D eigenvalue weighted by atomic mass is 10.1. The Morgan fingerprint density at radius 2 is 2.16 bits per heavy atom. The molecule has 0 radical (unpaired) electrons. The lowest BCUT2D eigenvalue weighted by molar-refractivity contribution is -0.121. The van der Waals surface area contributed by atoms with Gasteiger partial charge in [0.05, 0.1) is 11.7 Å². The van der Waals surface area contributed by atoms with Crippen molar-refractivity contribution in [1.82, 2.24) is 5.32 Å². The monoisotopic (exact) mass is 265 g/mol. The summed E-state index contributed by atoms with van der Waals surface area (Å²) in [7, 11) is 1.61. The SMILES string of the molecule is COC(C)CCC(=O)NCc1cccc(C(=O)O)c1. The summed E-state index contributed by atoms with van der Waals surface area (Å²) in [6.07, 6.45) is 1.12. The molecule has 19 heavy (non-hydrogen) atoms. The molecule has 104 valence electrons. The maximum absolute atomic E-state index is 11.6. The van der Waals surface area contributed by atoms with Gasteiger partial charge in [-0.1, -0.05) is 12.1 Å². The number of aromatic carboxylic acids is 1. The molecule has 5 nitrogen and oxygen atoms in total. The highest BCUT2D eigenvalue weighted by molar-refractivity contribution is 5.87. The molecule has 1 aromatic rings. The van der Waals surface area contributed by atoms with Gasteiger partial charge in [0.15, 0.2) is 0 Å². The first-order chi connectivity index (χ1) is 9.02. The highest BCUT2D eigenvalue weighted by Crippen LogP contribution is 2.06. The van der Waals surface area contributed by atoms with Gasteiger partial charge in [0.1, 0.15) is 0 Å². The fourth-order valence-corrected chi connectivity index (χ4v) is 1.56. The van der Waals surface area contributed by atoms with Crippen LogP contribution in [0.15, 0.2) is 24.3 Å². The number of benzene rings is 1. The topological polar surface area (TPSA) is 75.6 Å². The third-order valence-corrected chi connectivity index (χ3v) is 2.84. The number of methoxy groups -OCH3 is 1. The highest BCUT2D eigenvalue weighted by Gasteiger charge is 2.07. The van der Waals surface area contributed by atoms with Crippen LogP contribution in [-0.4, -0.2) is 30.2 Å². The molecule has 5 heteroatoms. The third kappa shape index (κ3) is 5.52. The quantitative estimate of drug-likeness (QED) is 0.788. The average molecular weight is 265 g/mol. The molecule has 1 rings (SSSR count). The number of hydrogen-bond acceptors (Lipinski definition) is 3. The molecule has 2 N–H and O–H groups in total. The molecule has 0 saturated carbocycles. The van der Waals surface area contributed by atoms with Crippen molar-refractivity contribution in [3.8, 4) is 0 Å². The van der Waals surface area contributed by atoms with Crippen LogP contribution in [0.2, 0.25) is 0 Å². The van der Waals surface area contributed by atoms with Crippen molar-refractivity contribution < 1.29 is 19.4 Å². The van der Waals surface area contributed by atoms with Crippen molar-refractivity contribution in [3.63, 3.8) is 0 Å². The summed E-state index contributed by atoms with van der Waals surface area (Å²) < 4.78 is 5.06. The molecule has 0 aliphatic heterocycles. The third-order valence-electron chi connectivity index (χ3n) is 2.84. The zero-order chi connectivity index (χ0) is 14.3. The second-order valence-corrected chi connectivity index (χ2v) is 4.37. The molecule has 0 aliphatic carbocycles. The Labute approximate surface area is 112 Å². The van der Waals surface area contributed by atoms with Crippen LogP contribution in [0.25, 0.3) is 0 Å². The average Bonchev–Trinajstić information content (AvgIpc) is 2.42. The van der Waals surface area contributed by atoms with E-state index in [1.807, 2.05) is 6.92 Å². The van der Waals surface area contributed by atoms with E-state index in [9.17, 15) is 9.59 Å². The molecule has 0 spiro atoms. The van der Waals surface area contributed by atoms with Gasteiger partial charge in [-0.2, -0.15) is 0 Å². The Bertz CT molecular complexity index is 445. The Hall–Kier alpha value is -1.88. The molecule has 0 bridgehead atoms. The smallest absolute Gasteiger partial charge is 0.335 e. The van der Waals surface area contributed by atoms with Crippen LogP contribution in [0.5, 0.6) is 0 Å². The van der Waals surface area contributed by atoms with Gasteiger partial charge >= 0.3 is 5.97 Å². The summed E-state index contributed by atoms with van der Waals surface area (Å²) in [4.78, 5) is 22.4. The number of carbonyl (C=O) groups excluding carboxylic acids is 1. The summed E-state index contributed by atoms with van der Waals surface area (Å²) in [5.74, 6) is -1.04. The molecule has 0 aliphatic rings. The van der Waals surface area contributed by atoms with Gasteiger partial charge in [0.2, 0.25) is 5.91 Å². The van der Waals surface area contributed by atoms with Gasteiger partial charge in [0, 0.05) is 20.1 Å². The molecule has 1 atom stereocenters. The lowest BCUT2D eigenvalue weighted by Gasteiger charge is -2.09. The Kier molecular flexibility index (Phi) is 6.02. The first-order valence-corrected chi connectivity index (χ1v) is 6.14. The molecule has 1 aromatic carbocycles. The number of ether oxygens (including phenoxy) is 1. The van der Waals surface area contributed by atoms with Crippen LogP contribution in [0, 0.1) is 0 Å². The van der Waals surface area contributed by atoms with Crippen LogP contribution < -0.4 is 5.32 Å². The van der Waals surface area contributed by atoms with Crippen molar-refractivity contribution in [3.05, 3.63) is 35.4 Å². The normalized spacial score (nSPS) is 11.9. The molecule has 0 heterocycles. The predicted molar refractivity (Wildman–Crippen MR) is 71.0 cm³/mol. The van der Waals surface area contributed by atoms with Crippen molar-refractivity contribution in [2.24, 2.45) is 0 Å². The second kappa shape index (κ2) is 7.53. The predicted octanol–water partition coefficient (Wildman–Crippen LogP) is 1.82. The largest absolute Gasteiger partial charge is 0.478 e. The molecule has 1 amide bonds. The number of hydrogen-bond donors (Lipinski definition) is 2. The molecule has 0 fully saturated rings.